The van der Waals surface area contributed by atoms with Crippen LogP contribution in [0.3, 0.4) is 0 Å². The van der Waals surface area contributed by atoms with Gasteiger partial charge in [-0.25, -0.2) is 9.97 Å². The minimum atomic E-state index is -0.494. The maximum atomic E-state index is 6.03. The van der Waals surface area contributed by atoms with E-state index >= 15 is 0 Å². The Hall–Kier alpha value is -0.750. The minimum Gasteiger partial charge on any atom is -0.381 e. The molecular weight excluding hydrogens is 256 g/mol. The molecule has 1 aliphatic heterocycles. The molecule has 1 fully saturated rings. The van der Waals surface area contributed by atoms with Crippen molar-refractivity contribution < 1.29 is 14.2 Å². The summed E-state index contributed by atoms with van der Waals surface area (Å²) >= 11 is 6.03. The molecule has 0 atom stereocenters. The maximum Gasteiger partial charge on any atom is 0.162 e. The number of hydrogen-bond acceptors (Lipinski definition) is 5. The van der Waals surface area contributed by atoms with Crippen LogP contribution in [0.15, 0.2) is 6.07 Å². The highest BCUT2D eigenvalue weighted by Crippen LogP contribution is 2.33. The molecule has 0 N–H and O–H groups in total. The standard InChI is InChI=1S/C12H17ClN2O3/c1-16-8-9-7-10(13)15-11(14-9)12(17-2)3-5-18-6-4-12/h7H,3-6,8H2,1-2H3. The summed E-state index contributed by atoms with van der Waals surface area (Å²) in [6.07, 6.45) is 1.46. The van der Waals surface area contributed by atoms with Gasteiger partial charge in [-0.3, -0.25) is 0 Å². The molecule has 0 saturated carbocycles. The summed E-state index contributed by atoms with van der Waals surface area (Å²) in [4.78, 5) is 8.79. The van der Waals surface area contributed by atoms with Gasteiger partial charge in [-0.15, -0.1) is 0 Å². The third-order valence-corrected chi connectivity index (χ3v) is 3.33. The average Bonchev–Trinajstić information content (AvgIpc) is 2.39. The van der Waals surface area contributed by atoms with Gasteiger partial charge in [-0.1, -0.05) is 11.6 Å². The normalized spacial score (nSPS) is 18.8. The van der Waals surface area contributed by atoms with Gasteiger partial charge in [0.1, 0.15) is 10.8 Å². The third kappa shape index (κ3) is 2.80. The van der Waals surface area contributed by atoms with E-state index in [1.54, 1.807) is 20.3 Å². The van der Waals surface area contributed by atoms with Crippen LogP contribution < -0.4 is 0 Å². The van der Waals surface area contributed by atoms with Crippen molar-refractivity contribution in [1.82, 2.24) is 9.97 Å². The summed E-state index contributed by atoms with van der Waals surface area (Å²) in [5, 5.41) is 0.412. The van der Waals surface area contributed by atoms with E-state index in [4.69, 9.17) is 25.8 Å². The maximum absolute atomic E-state index is 6.03. The topological polar surface area (TPSA) is 53.5 Å². The van der Waals surface area contributed by atoms with Crippen molar-refractivity contribution in [2.75, 3.05) is 27.4 Å². The quantitative estimate of drug-likeness (QED) is 0.784. The van der Waals surface area contributed by atoms with Gasteiger partial charge in [0.25, 0.3) is 0 Å². The lowest BCUT2D eigenvalue weighted by molar-refractivity contribution is -0.100. The number of aromatic nitrogens is 2. The fourth-order valence-corrected chi connectivity index (χ4v) is 2.32. The van der Waals surface area contributed by atoms with Crippen LogP contribution in [0, 0.1) is 0 Å². The number of rotatable bonds is 4. The van der Waals surface area contributed by atoms with Crippen LogP contribution in [0.5, 0.6) is 0 Å². The predicted octanol–water partition coefficient (Wildman–Crippen LogP) is 1.93. The molecule has 0 aromatic carbocycles. The summed E-state index contributed by atoms with van der Waals surface area (Å²) in [6, 6.07) is 1.71. The van der Waals surface area contributed by atoms with Crippen LogP contribution in [0.4, 0.5) is 0 Å². The fraction of sp³-hybridized carbons (Fsp3) is 0.667. The van der Waals surface area contributed by atoms with Gasteiger partial charge >= 0.3 is 0 Å². The summed E-state index contributed by atoms with van der Waals surface area (Å²) in [5.74, 6) is 0.618. The molecule has 6 heteroatoms. The molecule has 1 aromatic rings. The van der Waals surface area contributed by atoms with E-state index in [1.807, 2.05) is 0 Å². The van der Waals surface area contributed by atoms with Crippen molar-refractivity contribution in [3.8, 4) is 0 Å². The molecule has 0 spiro atoms. The summed E-state index contributed by atoms with van der Waals surface area (Å²) in [5.41, 5.74) is 0.265. The number of methoxy groups -OCH3 is 2. The first-order valence-electron chi connectivity index (χ1n) is 5.86. The third-order valence-electron chi connectivity index (χ3n) is 3.14. The summed E-state index contributed by atoms with van der Waals surface area (Å²) < 4.78 is 16.1. The van der Waals surface area contributed by atoms with Gasteiger partial charge in [-0.2, -0.15) is 0 Å². The second kappa shape index (κ2) is 5.93. The Bertz CT molecular complexity index is 408. The number of ether oxygens (including phenoxy) is 3. The SMILES string of the molecule is COCc1cc(Cl)nc(C2(OC)CCOCC2)n1. The predicted molar refractivity (Wildman–Crippen MR) is 66.5 cm³/mol. The molecule has 0 unspecified atom stereocenters. The van der Waals surface area contributed by atoms with Gasteiger partial charge in [0.2, 0.25) is 0 Å². The Morgan fingerprint density at radius 3 is 2.67 bits per heavy atom. The zero-order valence-electron chi connectivity index (χ0n) is 10.6. The first kappa shape index (κ1) is 13.7. The van der Waals surface area contributed by atoms with Gasteiger partial charge in [-0.05, 0) is 6.07 Å². The van der Waals surface area contributed by atoms with E-state index in [-0.39, 0.29) is 0 Å². The Balaban J connectivity index is 2.34. The van der Waals surface area contributed by atoms with Crippen molar-refractivity contribution in [2.45, 2.75) is 25.0 Å². The highest BCUT2D eigenvalue weighted by Gasteiger charge is 2.37. The van der Waals surface area contributed by atoms with Crippen molar-refractivity contribution in [1.29, 1.82) is 0 Å². The highest BCUT2D eigenvalue weighted by atomic mass is 35.5. The Labute approximate surface area is 111 Å². The van der Waals surface area contributed by atoms with Crippen LogP contribution in [-0.4, -0.2) is 37.4 Å². The van der Waals surface area contributed by atoms with Crippen LogP contribution in [0.1, 0.15) is 24.4 Å². The molecule has 5 nitrogen and oxygen atoms in total. The van der Waals surface area contributed by atoms with Gasteiger partial charge in [0.05, 0.1) is 12.3 Å². The lowest BCUT2D eigenvalue weighted by atomic mass is 9.93. The molecule has 0 bridgehead atoms. The zero-order valence-corrected chi connectivity index (χ0v) is 11.4. The summed E-state index contributed by atoms with van der Waals surface area (Å²) in [7, 11) is 3.29. The van der Waals surface area contributed by atoms with Crippen LogP contribution in [0.25, 0.3) is 0 Å². The molecule has 2 rings (SSSR count). The monoisotopic (exact) mass is 272 g/mol. The van der Waals surface area contributed by atoms with E-state index in [0.29, 0.717) is 30.8 Å². The van der Waals surface area contributed by atoms with Crippen LogP contribution in [0.2, 0.25) is 5.15 Å². The lowest BCUT2D eigenvalue weighted by Crippen LogP contribution is -2.37. The second-order valence-corrected chi connectivity index (χ2v) is 4.64. The minimum absolute atomic E-state index is 0.408. The second-order valence-electron chi connectivity index (χ2n) is 4.25. The van der Waals surface area contributed by atoms with Crippen LogP contribution in [-0.2, 0) is 26.4 Å². The van der Waals surface area contributed by atoms with Gasteiger partial charge in [0, 0.05) is 40.3 Å². The Morgan fingerprint density at radius 1 is 1.33 bits per heavy atom. The first-order valence-corrected chi connectivity index (χ1v) is 6.24. The number of nitrogens with zero attached hydrogens (tertiary/aromatic N) is 2. The van der Waals surface area contributed by atoms with Crippen molar-refractivity contribution >= 4 is 11.6 Å². The first-order chi connectivity index (χ1) is 8.70. The van der Waals surface area contributed by atoms with Crippen molar-refractivity contribution in [3.05, 3.63) is 22.7 Å². The largest absolute Gasteiger partial charge is 0.381 e. The molecule has 0 aliphatic carbocycles. The molecule has 1 aliphatic rings. The molecule has 0 radical (unpaired) electrons. The molecule has 0 amide bonds. The fourth-order valence-electron chi connectivity index (χ4n) is 2.11. The molecular formula is C12H17ClN2O3. The molecule has 1 aromatic heterocycles. The Morgan fingerprint density at radius 2 is 2.06 bits per heavy atom. The number of halogens is 1. The van der Waals surface area contributed by atoms with Crippen molar-refractivity contribution in [3.63, 3.8) is 0 Å². The Kier molecular flexibility index (Phi) is 4.50. The molecule has 18 heavy (non-hydrogen) atoms. The average molecular weight is 273 g/mol. The van der Waals surface area contributed by atoms with E-state index in [2.05, 4.69) is 9.97 Å². The van der Waals surface area contributed by atoms with E-state index in [0.717, 1.165) is 18.5 Å². The van der Waals surface area contributed by atoms with E-state index < -0.39 is 5.60 Å². The highest BCUT2D eigenvalue weighted by molar-refractivity contribution is 6.29. The van der Waals surface area contributed by atoms with Crippen molar-refractivity contribution in [2.24, 2.45) is 0 Å². The molecule has 100 valence electrons. The van der Waals surface area contributed by atoms with E-state index in [1.165, 1.54) is 0 Å². The van der Waals surface area contributed by atoms with Gasteiger partial charge in [0.15, 0.2) is 5.82 Å². The molecule has 2 heterocycles. The lowest BCUT2D eigenvalue weighted by Gasteiger charge is -2.34. The zero-order chi connectivity index (χ0) is 13.0. The summed E-state index contributed by atoms with van der Waals surface area (Å²) in [6.45, 7) is 1.69. The van der Waals surface area contributed by atoms with Gasteiger partial charge < -0.3 is 14.2 Å². The molecule has 1 saturated heterocycles. The number of hydrogen-bond donors (Lipinski definition) is 0. The van der Waals surface area contributed by atoms with E-state index in [9.17, 15) is 0 Å². The van der Waals surface area contributed by atoms with Crippen LogP contribution >= 0.6 is 11.6 Å². The smallest absolute Gasteiger partial charge is 0.162 e.